The van der Waals surface area contributed by atoms with E-state index in [0.717, 1.165) is 26.7 Å². The normalized spacial score (nSPS) is 15.5. The molecule has 2 heterocycles. The molecule has 0 fully saturated rings. The number of aromatic nitrogens is 1. The third-order valence-electron chi connectivity index (χ3n) is 6.10. The van der Waals surface area contributed by atoms with E-state index in [1.807, 2.05) is 61.5 Å². The highest BCUT2D eigenvalue weighted by Crippen LogP contribution is 2.41. The number of benzene rings is 3. The molecule has 198 valence electrons. The fraction of sp³-hybridized carbons (Fsp3) is 0.161. The molecule has 39 heavy (non-hydrogen) atoms. The number of halogens is 1. The second kappa shape index (κ2) is 12.0. The Kier molecular flexibility index (Phi) is 8.24. The quantitative estimate of drug-likeness (QED) is 0.207. The predicted octanol–water partition coefficient (Wildman–Crippen LogP) is 8.04. The van der Waals surface area contributed by atoms with Crippen LogP contribution in [0, 0.1) is 0 Å². The number of hydrogen-bond donors (Lipinski definition) is 1. The minimum Gasteiger partial charge on any atom is -0.506 e. The van der Waals surface area contributed by atoms with Crippen LogP contribution >= 0.6 is 27.7 Å². The van der Waals surface area contributed by atoms with Crippen LogP contribution in [0.15, 0.2) is 105 Å². The SMILES string of the molecule is CCOC(=O)C1=C(O)/C(=C/c2cn(Cc3ccccc3)c3ccc(Br)cc23)SC1=Nc1ccc(OCC)cc1. The molecule has 0 amide bonds. The van der Waals surface area contributed by atoms with Crippen molar-refractivity contribution < 1.29 is 19.4 Å². The van der Waals surface area contributed by atoms with Crippen LogP contribution in [0.5, 0.6) is 5.75 Å². The van der Waals surface area contributed by atoms with Crippen LogP contribution < -0.4 is 4.74 Å². The molecule has 6 nitrogen and oxygen atoms in total. The van der Waals surface area contributed by atoms with Gasteiger partial charge in [-0.2, -0.15) is 0 Å². The Morgan fingerprint density at radius 3 is 2.54 bits per heavy atom. The van der Waals surface area contributed by atoms with E-state index in [0.29, 0.717) is 28.8 Å². The largest absolute Gasteiger partial charge is 0.506 e. The molecule has 1 aliphatic heterocycles. The van der Waals surface area contributed by atoms with E-state index < -0.39 is 5.97 Å². The van der Waals surface area contributed by atoms with Crippen LogP contribution in [0.4, 0.5) is 5.69 Å². The standard InChI is InChI=1S/C31H27BrN2O4S/c1-3-37-24-13-11-23(12-14-24)33-30-28(31(36)38-4-2)29(35)27(39-30)16-21-19-34(18-20-8-6-5-7-9-20)26-15-10-22(32)17-25(21)26/h5-17,19,35H,3-4,18H2,1-2H3/b27-16-,33-30?. The lowest BCUT2D eigenvalue weighted by Crippen LogP contribution is -2.12. The minimum atomic E-state index is -0.607. The van der Waals surface area contributed by atoms with E-state index >= 15 is 0 Å². The molecule has 3 aromatic carbocycles. The maximum absolute atomic E-state index is 12.9. The Morgan fingerprint density at radius 2 is 1.82 bits per heavy atom. The second-order valence-electron chi connectivity index (χ2n) is 8.76. The van der Waals surface area contributed by atoms with Crippen molar-refractivity contribution in [2.75, 3.05) is 13.2 Å². The minimum absolute atomic E-state index is 0.0659. The van der Waals surface area contributed by atoms with E-state index in [1.165, 1.54) is 17.3 Å². The fourth-order valence-electron chi connectivity index (χ4n) is 4.36. The molecule has 8 heteroatoms. The summed E-state index contributed by atoms with van der Waals surface area (Å²) in [5.74, 6) is -0.00454. The van der Waals surface area contributed by atoms with Gasteiger partial charge in [-0.3, -0.25) is 0 Å². The van der Waals surface area contributed by atoms with Crippen LogP contribution in [0.25, 0.3) is 17.0 Å². The molecular weight excluding hydrogens is 576 g/mol. The summed E-state index contributed by atoms with van der Waals surface area (Å²) in [5, 5.41) is 12.6. The molecule has 0 aliphatic carbocycles. The molecule has 4 aromatic rings. The third-order valence-corrected chi connectivity index (χ3v) is 7.62. The van der Waals surface area contributed by atoms with Crippen molar-refractivity contribution in [3.63, 3.8) is 0 Å². The molecule has 1 aliphatic rings. The van der Waals surface area contributed by atoms with Crippen molar-refractivity contribution >= 4 is 61.4 Å². The van der Waals surface area contributed by atoms with Gasteiger partial charge < -0.3 is 19.1 Å². The Balaban J connectivity index is 1.56. The molecule has 0 radical (unpaired) electrons. The fourth-order valence-corrected chi connectivity index (χ4v) is 5.74. The number of aliphatic imine (C=N–C) groups is 1. The molecule has 5 rings (SSSR count). The lowest BCUT2D eigenvalue weighted by atomic mass is 10.1. The maximum Gasteiger partial charge on any atom is 0.344 e. The number of ether oxygens (including phenoxy) is 2. The van der Waals surface area contributed by atoms with Gasteiger partial charge in [0.1, 0.15) is 22.1 Å². The molecule has 1 aromatic heterocycles. The first-order valence-corrected chi connectivity index (χ1v) is 14.2. The number of aliphatic hydroxyl groups excluding tert-OH is 1. The highest BCUT2D eigenvalue weighted by Gasteiger charge is 2.33. The summed E-state index contributed by atoms with van der Waals surface area (Å²) >= 11 is 4.84. The van der Waals surface area contributed by atoms with Gasteiger partial charge in [-0.15, -0.1) is 0 Å². The summed E-state index contributed by atoms with van der Waals surface area (Å²) in [6.07, 6.45) is 3.97. The van der Waals surface area contributed by atoms with Crippen LogP contribution in [-0.4, -0.2) is 33.9 Å². The molecule has 0 atom stereocenters. The van der Waals surface area contributed by atoms with Crippen LogP contribution in [0.2, 0.25) is 0 Å². The van der Waals surface area contributed by atoms with E-state index in [4.69, 9.17) is 9.47 Å². The average Bonchev–Trinajstić information content (AvgIpc) is 3.42. The zero-order chi connectivity index (χ0) is 27.4. The number of aliphatic hydroxyl groups is 1. The molecule has 0 bridgehead atoms. The monoisotopic (exact) mass is 602 g/mol. The molecule has 1 N–H and O–H groups in total. The molecule has 0 saturated carbocycles. The van der Waals surface area contributed by atoms with Gasteiger partial charge in [0, 0.05) is 33.7 Å². The van der Waals surface area contributed by atoms with Crippen LogP contribution in [-0.2, 0) is 16.1 Å². The number of carbonyl (C=O) groups is 1. The Bertz CT molecular complexity index is 1610. The summed E-state index contributed by atoms with van der Waals surface area (Å²) < 4.78 is 13.9. The van der Waals surface area contributed by atoms with E-state index in [9.17, 15) is 9.90 Å². The van der Waals surface area contributed by atoms with E-state index in [1.54, 1.807) is 6.92 Å². The zero-order valence-corrected chi connectivity index (χ0v) is 24.0. The lowest BCUT2D eigenvalue weighted by molar-refractivity contribution is -0.138. The van der Waals surface area contributed by atoms with Gasteiger partial charge in [0.15, 0.2) is 0 Å². The topological polar surface area (TPSA) is 73.0 Å². The Hall–Kier alpha value is -3.75. The summed E-state index contributed by atoms with van der Waals surface area (Å²) in [6.45, 7) is 5.12. The van der Waals surface area contributed by atoms with Gasteiger partial charge >= 0.3 is 5.97 Å². The van der Waals surface area contributed by atoms with Gasteiger partial charge in [0.2, 0.25) is 0 Å². The lowest BCUT2D eigenvalue weighted by Gasteiger charge is -2.05. The van der Waals surface area contributed by atoms with Crippen molar-refractivity contribution in [3.8, 4) is 5.75 Å². The maximum atomic E-state index is 12.9. The van der Waals surface area contributed by atoms with Crippen molar-refractivity contribution in [3.05, 3.63) is 111 Å². The Labute approximate surface area is 239 Å². The zero-order valence-electron chi connectivity index (χ0n) is 21.6. The van der Waals surface area contributed by atoms with Gasteiger partial charge in [-0.1, -0.05) is 58.0 Å². The number of rotatable bonds is 8. The van der Waals surface area contributed by atoms with E-state index in [-0.39, 0.29) is 17.9 Å². The molecular formula is C31H27BrN2O4S. The smallest absolute Gasteiger partial charge is 0.344 e. The highest BCUT2D eigenvalue weighted by atomic mass is 79.9. The average molecular weight is 604 g/mol. The first-order valence-electron chi connectivity index (χ1n) is 12.6. The van der Waals surface area contributed by atoms with Crippen LogP contribution in [0.1, 0.15) is 25.0 Å². The van der Waals surface area contributed by atoms with Crippen molar-refractivity contribution in [1.82, 2.24) is 4.57 Å². The van der Waals surface area contributed by atoms with E-state index in [2.05, 4.69) is 56.0 Å². The van der Waals surface area contributed by atoms with Crippen molar-refractivity contribution in [1.29, 1.82) is 0 Å². The van der Waals surface area contributed by atoms with Gasteiger partial charge in [0.25, 0.3) is 0 Å². The summed E-state index contributed by atoms with van der Waals surface area (Å²) in [5.41, 5.74) is 3.87. The van der Waals surface area contributed by atoms with Gasteiger partial charge in [-0.25, -0.2) is 9.79 Å². The third kappa shape index (κ3) is 5.97. The Morgan fingerprint density at radius 1 is 1.05 bits per heavy atom. The number of fused-ring (bicyclic) bond motifs is 1. The number of esters is 1. The highest BCUT2D eigenvalue weighted by molar-refractivity contribution is 9.10. The van der Waals surface area contributed by atoms with Gasteiger partial charge in [0.05, 0.1) is 23.8 Å². The molecule has 0 spiro atoms. The summed E-state index contributed by atoms with van der Waals surface area (Å²) in [4.78, 5) is 18.1. The summed E-state index contributed by atoms with van der Waals surface area (Å²) in [6, 6.07) is 23.7. The van der Waals surface area contributed by atoms with Crippen molar-refractivity contribution in [2.24, 2.45) is 4.99 Å². The number of nitrogens with zero attached hydrogens (tertiary/aromatic N) is 2. The van der Waals surface area contributed by atoms with Gasteiger partial charge in [-0.05, 0) is 68.0 Å². The number of hydrogen-bond acceptors (Lipinski definition) is 6. The summed E-state index contributed by atoms with van der Waals surface area (Å²) in [7, 11) is 0. The number of carbonyl (C=O) groups excluding carboxylic acids is 1. The van der Waals surface area contributed by atoms with Crippen molar-refractivity contribution in [2.45, 2.75) is 20.4 Å². The van der Waals surface area contributed by atoms with Crippen LogP contribution in [0.3, 0.4) is 0 Å². The second-order valence-corrected chi connectivity index (χ2v) is 10.7. The first kappa shape index (κ1) is 26.8. The molecule has 0 saturated heterocycles. The number of thioether (sulfide) groups is 1. The first-order chi connectivity index (χ1) is 19.0. The molecule has 0 unspecified atom stereocenters. The predicted molar refractivity (Wildman–Crippen MR) is 162 cm³/mol.